The lowest BCUT2D eigenvalue weighted by Crippen LogP contribution is -2.37. The van der Waals surface area contributed by atoms with Gasteiger partial charge >= 0.3 is 13.8 Å². The van der Waals surface area contributed by atoms with Gasteiger partial charge in [0.25, 0.3) is 0 Å². The van der Waals surface area contributed by atoms with Gasteiger partial charge in [0.2, 0.25) is 0 Å². The van der Waals surface area contributed by atoms with E-state index in [0.29, 0.717) is 24.1 Å². The Morgan fingerprint density at radius 3 is 1.17 bits per heavy atom. The Kier molecular flexibility index (Phi) is 49.1. The number of likely N-dealkylation sites (N-methyl/N-ethyl adjacent to an activating group) is 1. The van der Waals surface area contributed by atoms with E-state index >= 15 is 0 Å². The molecule has 0 bridgehead atoms. The predicted molar refractivity (Wildman–Crippen MR) is 280 cm³/mol. The van der Waals surface area contributed by atoms with Crippen LogP contribution in [0, 0.1) is 0 Å². The van der Waals surface area contributed by atoms with Crippen LogP contribution in [0.2, 0.25) is 0 Å². The number of carbonyl (C=O) groups excluding carboxylic acids is 1. The molecule has 0 aromatic carbocycles. The lowest BCUT2D eigenvalue weighted by Gasteiger charge is -2.24. The summed E-state index contributed by atoms with van der Waals surface area (Å²) in [5, 5.41) is 0. The number of hydrogen-bond donors (Lipinski definition) is 1. The molecule has 65 heavy (non-hydrogen) atoms. The number of carbonyl (C=O) groups is 1. The Bertz CT molecular complexity index is 1050. The summed E-state index contributed by atoms with van der Waals surface area (Å²) in [5.41, 5.74) is 0. The number of unbranched alkanes of at least 4 members (excludes halogenated alkanes) is 38. The Labute approximate surface area is 405 Å². The molecule has 0 amide bonds. The summed E-state index contributed by atoms with van der Waals surface area (Å²) >= 11 is 0. The number of ether oxygens (including phenoxy) is 2. The summed E-state index contributed by atoms with van der Waals surface area (Å²) in [7, 11) is 1.68. The highest BCUT2D eigenvalue weighted by molar-refractivity contribution is 7.47. The average molecular weight is 943 g/mol. The molecule has 0 aromatic rings. The second-order valence-corrected chi connectivity index (χ2v) is 22.1. The van der Waals surface area contributed by atoms with Crippen LogP contribution in [0.4, 0.5) is 0 Å². The first-order chi connectivity index (χ1) is 31.6. The largest absolute Gasteiger partial charge is 0.472 e. The number of phosphoric ester groups is 1. The van der Waals surface area contributed by atoms with Crippen molar-refractivity contribution in [1.29, 1.82) is 0 Å². The second kappa shape index (κ2) is 49.7. The minimum atomic E-state index is -4.28. The van der Waals surface area contributed by atoms with Crippen molar-refractivity contribution in [2.24, 2.45) is 0 Å². The van der Waals surface area contributed by atoms with Crippen LogP contribution in [-0.2, 0) is 27.9 Å². The molecule has 0 radical (unpaired) electrons. The molecule has 0 aliphatic heterocycles. The van der Waals surface area contributed by atoms with Gasteiger partial charge < -0.3 is 18.9 Å². The molecule has 8 nitrogen and oxygen atoms in total. The second-order valence-electron chi connectivity index (χ2n) is 20.7. The SMILES string of the molecule is CCCCCCCCC/C=C\CCCCCCCCCC(=O)OC(COCCCCCCCCCCCCCCCCCCCCCCCCCCC)COP(=O)(O)OCC[N+](C)(C)C. The third-order valence-corrected chi connectivity index (χ3v) is 13.8. The Morgan fingerprint density at radius 1 is 0.462 bits per heavy atom. The predicted octanol–water partition coefficient (Wildman–Crippen LogP) is 17.7. The Balaban J connectivity index is 4.02. The summed E-state index contributed by atoms with van der Waals surface area (Å²) in [6.45, 7) is 5.69. The highest BCUT2D eigenvalue weighted by Gasteiger charge is 2.26. The molecule has 0 rings (SSSR count). The Morgan fingerprint density at radius 2 is 0.800 bits per heavy atom. The topological polar surface area (TPSA) is 91.3 Å². The van der Waals surface area contributed by atoms with Gasteiger partial charge in [-0.05, 0) is 38.5 Å². The molecule has 0 saturated carbocycles. The smallest absolute Gasteiger partial charge is 0.457 e. The molecule has 1 N–H and O–H groups in total. The van der Waals surface area contributed by atoms with Crippen molar-refractivity contribution in [2.75, 3.05) is 54.1 Å². The third kappa shape index (κ3) is 54.1. The molecular formula is C56H113NO7P+. The highest BCUT2D eigenvalue weighted by atomic mass is 31.2. The summed E-state index contributed by atoms with van der Waals surface area (Å²) in [6, 6.07) is 0. The maximum atomic E-state index is 12.8. The van der Waals surface area contributed by atoms with Gasteiger partial charge in [-0.25, -0.2) is 4.57 Å². The molecule has 0 heterocycles. The van der Waals surface area contributed by atoms with Gasteiger partial charge in [-0.15, -0.1) is 0 Å². The first-order valence-electron chi connectivity index (χ1n) is 28.4. The lowest BCUT2D eigenvalue weighted by atomic mass is 10.0. The fraction of sp³-hybridized carbons (Fsp3) is 0.946. The third-order valence-electron chi connectivity index (χ3n) is 12.8. The molecule has 0 fully saturated rings. The molecule has 9 heteroatoms. The molecule has 388 valence electrons. The van der Waals surface area contributed by atoms with Gasteiger partial charge in [-0.3, -0.25) is 13.8 Å². The first kappa shape index (κ1) is 64.2. The monoisotopic (exact) mass is 943 g/mol. The van der Waals surface area contributed by atoms with E-state index in [1.54, 1.807) is 0 Å². The molecule has 0 aromatic heterocycles. The van der Waals surface area contributed by atoms with Crippen molar-refractivity contribution in [3.8, 4) is 0 Å². The molecule has 0 spiro atoms. The van der Waals surface area contributed by atoms with Crippen molar-refractivity contribution in [3.05, 3.63) is 12.2 Å². The van der Waals surface area contributed by atoms with Crippen LogP contribution in [-0.4, -0.2) is 75.6 Å². The molecular weight excluding hydrogens is 830 g/mol. The van der Waals surface area contributed by atoms with Gasteiger partial charge in [0.15, 0.2) is 0 Å². The van der Waals surface area contributed by atoms with E-state index in [0.717, 1.165) is 32.1 Å². The highest BCUT2D eigenvalue weighted by Crippen LogP contribution is 2.43. The van der Waals surface area contributed by atoms with Crippen molar-refractivity contribution >= 4 is 13.8 Å². The number of esters is 1. The summed E-state index contributed by atoms with van der Waals surface area (Å²) < 4.78 is 35.2. The number of nitrogens with zero attached hydrogens (tertiary/aromatic N) is 1. The zero-order valence-corrected chi connectivity index (χ0v) is 45.2. The minimum Gasteiger partial charge on any atom is -0.457 e. The number of hydrogen-bond acceptors (Lipinski definition) is 6. The van der Waals surface area contributed by atoms with E-state index in [2.05, 4.69) is 26.0 Å². The maximum Gasteiger partial charge on any atom is 0.472 e. The lowest BCUT2D eigenvalue weighted by molar-refractivity contribution is -0.870. The van der Waals surface area contributed by atoms with Gasteiger partial charge in [-0.2, -0.15) is 0 Å². The van der Waals surface area contributed by atoms with Gasteiger partial charge in [0.1, 0.15) is 19.3 Å². The van der Waals surface area contributed by atoms with Gasteiger partial charge in [0, 0.05) is 13.0 Å². The van der Waals surface area contributed by atoms with Crippen LogP contribution in [0.15, 0.2) is 12.2 Å². The van der Waals surface area contributed by atoms with Crippen LogP contribution in [0.1, 0.15) is 284 Å². The van der Waals surface area contributed by atoms with Crippen LogP contribution >= 0.6 is 7.82 Å². The quantitative estimate of drug-likeness (QED) is 0.0213. The molecule has 2 atom stereocenters. The zero-order chi connectivity index (χ0) is 47.6. The fourth-order valence-corrected chi connectivity index (χ4v) is 9.18. The van der Waals surface area contributed by atoms with E-state index < -0.39 is 13.9 Å². The minimum absolute atomic E-state index is 0.0915. The average Bonchev–Trinajstić information content (AvgIpc) is 3.27. The van der Waals surface area contributed by atoms with E-state index in [9.17, 15) is 14.3 Å². The van der Waals surface area contributed by atoms with Crippen LogP contribution in [0.25, 0.3) is 0 Å². The van der Waals surface area contributed by atoms with Crippen LogP contribution in [0.3, 0.4) is 0 Å². The van der Waals surface area contributed by atoms with E-state index in [4.69, 9.17) is 18.5 Å². The fourth-order valence-electron chi connectivity index (χ4n) is 8.43. The van der Waals surface area contributed by atoms with Crippen molar-refractivity contribution < 1.29 is 37.3 Å². The molecule has 0 aliphatic rings. The molecule has 0 aliphatic carbocycles. The number of phosphoric acid groups is 1. The number of rotatable bonds is 54. The Hall–Kier alpha value is -0.760. The van der Waals surface area contributed by atoms with Gasteiger partial charge in [0.05, 0.1) is 34.4 Å². The number of allylic oxidation sites excluding steroid dienone is 2. The van der Waals surface area contributed by atoms with E-state index in [1.807, 2.05) is 21.1 Å². The standard InChI is InChI=1S/C56H112NO7P/c1-6-8-10-12-14-16-18-20-22-24-26-27-28-29-30-31-32-34-36-38-40-42-44-46-48-51-61-53-55(54-63-65(59,60)62-52-50-57(3,4)5)64-56(58)49-47-45-43-41-39-37-35-33-25-23-21-19-17-15-13-11-9-7-2/h23,25,55H,6-22,24,26-54H2,1-5H3/p+1/b25-23-. The normalized spacial score (nSPS) is 13.5. The summed E-state index contributed by atoms with van der Waals surface area (Å²) in [5.74, 6) is -0.311. The summed E-state index contributed by atoms with van der Waals surface area (Å²) in [6.07, 6.45) is 58.5. The van der Waals surface area contributed by atoms with Crippen LogP contribution < -0.4 is 0 Å². The first-order valence-corrected chi connectivity index (χ1v) is 29.9. The van der Waals surface area contributed by atoms with E-state index in [-0.39, 0.29) is 25.8 Å². The summed E-state index contributed by atoms with van der Waals surface area (Å²) in [4.78, 5) is 23.0. The van der Waals surface area contributed by atoms with Crippen molar-refractivity contribution in [3.63, 3.8) is 0 Å². The van der Waals surface area contributed by atoms with E-state index in [1.165, 1.54) is 231 Å². The van der Waals surface area contributed by atoms with Crippen molar-refractivity contribution in [1.82, 2.24) is 0 Å². The van der Waals surface area contributed by atoms with Gasteiger partial charge in [-0.1, -0.05) is 251 Å². The molecule has 0 saturated heterocycles. The number of quaternary nitrogens is 1. The zero-order valence-electron chi connectivity index (χ0n) is 44.3. The van der Waals surface area contributed by atoms with Crippen LogP contribution in [0.5, 0.6) is 0 Å². The molecule has 2 unspecified atom stereocenters. The maximum absolute atomic E-state index is 12.8. The van der Waals surface area contributed by atoms with Crippen molar-refractivity contribution in [2.45, 2.75) is 290 Å².